The number of hydrogen-bond acceptors (Lipinski definition) is 4. The van der Waals surface area contributed by atoms with E-state index in [2.05, 4.69) is 59.9 Å². The summed E-state index contributed by atoms with van der Waals surface area (Å²) in [7, 11) is 2.01. The van der Waals surface area contributed by atoms with Gasteiger partial charge in [-0.15, -0.1) is 0 Å². The molecule has 1 saturated carbocycles. The molecule has 2 aromatic carbocycles. The van der Waals surface area contributed by atoms with Crippen molar-refractivity contribution in [3.63, 3.8) is 0 Å². The fraction of sp³-hybridized carbons (Fsp3) is 0.595. The van der Waals surface area contributed by atoms with E-state index in [0.717, 1.165) is 70.4 Å². The van der Waals surface area contributed by atoms with Crippen molar-refractivity contribution >= 4 is 5.97 Å². The predicted molar refractivity (Wildman–Crippen MR) is 194 cm³/mol. The van der Waals surface area contributed by atoms with Crippen molar-refractivity contribution in [1.82, 2.24) is 5.32 Å². The summed E-state index contributed by atoms with van der Waals surface area (Å²) in [4.78, 5) is 13.0. The maximum atomic E-state index is 13.0. The van der Waals surface area contributed by atoms with Gasteiger partial charge < -0.3 is 21.3 Å². The number of benzene rings is 2. The Morgan fingerprint density at radius 2 is 1.79 bits per heavy atom. The van der Waals surface area contributed by atoms with Crippen LogP contribution in [0.5, 0.6) is 5.75 Å². The molecular formula is C42H60N2O3. The Hall–Kier alpha value is -2.89. The summed E-state index contributed by atoms with van der Waals surface area (Å²) in [6.45, 7) is 1.70. The second kappa shape index (κ2) is 17.5. The minimum absolute atomic E-state index is 0.308. The van der Waals surface area contributed by atoms with Crippen LogP contribution >= 0.6 is 0 Å². The number of rotatable bonds is 13. The lowest BCUT2D eigenvalue weighted by atomic mass is 9.58. The number of unbranched alkanes of at least 4 members (excludes halogenated alkanes) is 3. The van der Waals surface area contributed by atoms with E-state index in [9.17, 15) is 15.0 Å². The molecule has 0 saturated heterocycles. The molecule has 0 aliphatic heterocycles. The molecule has 5 nitrogen and oxygen atoms in total. The van der Waals surface area contributed by atoms with Crippen LogP contribution < -0.4 is 11.1 Å². The average Bonchev–Trinajstić information content (AvgIpc) is 3.52. The standard InChI is InChI=1S/C42H60N2O3/c1-44-30-34-12-9-24-42(29-34)37-15-8-11-33(27-37)28-39(36-19-21-38(45)22-20-36)35(14-6-7-16-40(42)41(46)47)13-5-3-2-4-10-31-17-18-32(26-31)23-25-43/h6-8,11,15,19-22,26-27,31,34-35,39-40,44-45H,2-5,9-10,12-14,16-18,23-25,28-30,43H2,1H3,(H,46,47). The largest absolute Gasteiger partial charge is 0.508 e. The predicted octanol–water partition coefficient (Wildman–Crippen LogP) is 9.06. The average molecular weight is 641 g/mol. The Morgan fingerprint density at radius 3 is 2.55 bits per heavy atom. The number of aromatic hydroxyl groups is 1. The third-order valence-electron chi connectivity index (χ3n) is 11.8. The summed E-state index contributed by atoms with van der Waals surface area (Å²) < 4.78 is 0. The molecule has 3 aliphatic rings. The van der Waals surface area contributed by atoms with Gasteiger partial charge in [0.05, 0.1) is 5.92 Å². The van der Waals surface area contributed by atoms with Crippen molar-refractivity contribution in [3.8, 4) is 5.75 Å². The van der Waals surface area contributed by atoms with E-state index in [1.54, 1.807) is 5.57 Å². The highest BCUT2D eigenvalue weighted by molar-refractivity contribution is 5.73. The van der Waals surface area contributed by atoms with Gasteiger partial charge in [-0.1, -0.05) is 92.3 Å². The Bertz CT molecular complexity index is 1330. The van der Waals surface area contributed by atoms with E-state index in [1.165, 1.54) is 61.6 Å². The number of carboxylic acids is 1. The number of hydrogen-bond donors (Lipinski definition) is 4. The number of nitrogens with one attached hydrogen (secondary N) is 1. The fourth-order valence-corrected chi connectivity index (χ4v) is 9.42. The van der Waals surface area contributed by atoms with Gasteiger partial charge in [0.15, 0.2) is 0 Å². The maximum absolute atomic E-state index is 13.0. The zero-order chi connectivity index (χ0) is 33.1. The molecular weight excluding hydrogens is 580 g/mol. The van der Waals surface area contributed by atoms with Gasteiger partial charge in [-0.2, -0.15) is 0 Å². The van der Waals surface area contributed by atoms with Crippen LogP contribution in [0, 0.1) is 23.7 Å². The van der Waals surface area contributed by atoms with Gasteiger partial charge in [0.25, 0.3) is 0 Å². The molecule has 2 bridgehead atoms. The molecule has 3 aliphatic carbocycles. The summed E-state index contributed by atoms with van der Waals surface area (Å²) >= 11 is 0. The molecule has 1 spiro atoms. The first-order valence-corrected chi connectivity index (χ1v) is 18.7. The molecule has 5 heteroatoms. The summed E-state index contributed by atoms with van der Waals surface area (Å²) in [5, 5.41) is 24.2. The Morgan fingerprint density at radius 1 is 1.00 bits per heavy atom. The van der Waals surface area contributed by atoms with E-state index in [0.29, 0.717) is 29.9 Å². The van der Waals surface area contributed by atoms with E-state index in [1.807, 2.05) is 19.2 Å². The smallest absolute Gasteiger partial charge is 0.307 e. The SMILES string of the molecule is CNCC1CCCC2(C1)c1cccc(c1)CC(c1ccc(O)cc1)C(CCCCCCC1C=C(CCN)CC1)CC=CCC2C(=O)O. The highest BCUT2D eigenvalue weighted by Gasteiger charge is 2.47. The lowest BCUT2D eigenvalue weighted by Crippen LogP contribution is -2.45. The van der Waals surface area contributed by atoms with Crippen LogP contribution in [0.1, 0.15) is 119 Å². The van der Waals surface area contributed by atoms with Crippen molar-refractivity contribution in [2.75, 3.05) is 20.1 Å². The minimum Gasteiger partial charge on any atom is -0.508 e. The van der Waals surface area contributed by atoms with Gasteiger partial charge in [-0.05, 0) is 143 Å². The van der Waals surface area contributed by atoms with Gasteiger partial charge in [0, 0.05) is 5.41 Å². The zero-order valence-corrected chi connectivity index (χ0v) is 28.8. The molecule has 2 aromatic rings. The summed E-state index contributed by atoms with van der Waals surface area (Å²) in [6, 6.07) is 16.9. The monoisotopic (exact) mass is 640 g/mol. The molecule has 47 heavy (non-hydrogen) atoms. The normalized spacial score (nSPS) is 28.0. The number of allylic oxidation sites excluding steroid dienone is 3. The topological polar surface area (TPSA) is 95.6 Å². The third kappa shape index (κ3) is 9.38. The molecule has 1 fully saturated rings. The minimum atomic E-state index is -0.663. The van der Waals surface area contributed by atoms with Crippen LogP contribution in [-0.2, 0) is 16.6 Å². The maximum Gasteiger partial charge on any atom is 0.307 e. The number of carbonyl (C=O) groups is 1. The molecule has 0 radical (unpaired) electrons. The van der Waals surface area contributed by atoms with Crippen LogP contribution in [0.25, 0.3) is 0 Å². The van der Waals surface area contributed by atoms with Crippen molar-refractivity contribution in [2.45, 2.75) is 114 Å². The molecule has 5 N–H and O–H groups in total. The second-order valence-electron chi connectivity index (χ2n) is 15.0. The first-order valence-electron chi connectivity index (χ1n) is 18.7. The summed E-state index contributed by atoms with van der Waals surface area (Å²) in [6.07, 6.45) is 24.6. The first kappa shape index (κ1) is 35.4. The molecule has 5 rings (SSSR count). The molecule has 0 amide bonds. The number of carboxylic acid groups (broad SMARTS) is 1. The Balaban J connectivity index is 1.35. The summed E-state index contributed by atoms with van der Waals surface area (Å²) in [5.74, 6) is 1.22. The number of fused-ring (bicyclic) bond motifs is 3. The van der Waals surface area contributed by atoms with Gasteiger partial charge in [-0.3, -0.25) is 4.79 Å². The fourth-order valence-electron chi connectivity index (χ4n) is 9.42. The number of phenolic OH excluding ortho intramolecular Hbond substituents is 1. The van der Waals surface area contributed by atoms with E-state index >= 15 is 0 Å². The van der Waals surface area contributed by atoms with E-state index in [4.69, 9.17) is 5.73 Å². The number of aliphatic carboxylic acids is 1. The van der Waals surface area contributed by atoms with E-state index in [-0.39, 0.29) is 5.41 Å². The van der Waals surface area contributed by atoms with Crippen LogP contribution in [0.3, 0.4) is 0 Å². The quantitative estimate of drug-likeness (QED) is 0.129. The molecule has 6 unspecified atom stereocenters. The first-order chi connectivity index (χ1) is 22.9. The Kier molecular flexibility index (Phi) is 13.2. The van der Waals surface area contributed by atoms with Crippen molar-refractivity contribution in [2.24, 2.45) is 29.4 Å². The molecule has 0 aromatic heterocycles. The molecule has 0 heterocycles. The number of nitrogens with two attached hydrogens (primary N) is 1. The lowest BCUT2D eigenvalue weighted by Gasteiger charge is -2.45. The highest BCUT2D eigenvalue weighted by atomic mass is 16.4. The van der Waals surface area contributed by atoms with Gasteiger partial charge in [-0.25, -0.2) is 0 Å². The summed E-state index contributed by atoms with van der Waals surface area (Å²) in [5.41, 5.74) is 10.8. The van der Waals surface area contributed by atoms with Gasteiger partial charge in [0.1, 0.15) is 5.75 Å². The van der Waals surface area contributed by atoms with Gasteiger partial charge >= 0.3 is 5.97 Å². The second-order valence-corrected chi connectivity index (χ2v) is 15.0. The van der Waals surface area contributed by atoms with Crippen molar-refractivity contribution in [3.05, 3.63) is 89.0 Å². The number of phenols is 1. The van der Waals surface area contributed by atoms with E-state index < -0.39 is 11.9 Å². The third-order valence-corrected chi connectivity index (χ3v) is 11.8. The Labute approximate surface area is 284 Å². The van der Waals surface area contributed by atoms with Crippen LogP contribution in [0.15, 0.2) is 72.3 Å². The van der Waals surface area contributed by atoms with Crippen LogP contribution in [0.4, 0.5) is 0 Å². The van der Waals surface area contributed by atoms with Crippen molar-refractivity contribution in [1.29, 1.82) is 0 Å². The lowest BCUT2D eigenvalue weighted by molar-refractivity contribution is -0.145. The van der Waals surface area contributed by atoms with Gasteiger partial charge in [0.2, 0.25) is 0 Å². The highest BCUT2D eigenvalue weighted by Crippen LogP contribution is 2.49. The van der Waals surface area contributed by atoms with Crippen molar-refractivity contribution < 1.29 is 15.0 Å². The zero-order valence-electron chi connectivity index (χ0n) is 28.8. The molecule has 6 atom stereocenters. The molecule has 256 valence electrons. The van der Waals surface area contributed by atoms with Crippen LogP contribution in [-0.4, -0.2) is 36.3 Å². The van der Waals surface area contributed by atoms with Crippen LogP contribution in [0.2, 0.25) is 0 Å².